The minimum atomic E-state index is 0.0123. The quantitative estimate of drug-likeness (QED) is 0.744. The van der Waals surface area contributed by atoms with E-state index in [1.54, 1.807) is 13.0 Å². The number of carbonyl (C=O) groups is 1. The lowest BCUT2D eigenvalue weighted by Crippen LogP contribution is -2.10. The van der Waals surface area contributed by atoms with E-state index in [9.17, 15) is 9.90 Å². The maximum atomic E-state index is 11.6. The number of allylic oxidation sites excluding steroid dienone is 2. The van der Waals surface area contributed by atoms with Gasteiger partial charge in [0.05, 0.1) is 11.8 Å². The normalized spacial score (nSPS) is 17.6. The van der Waals surface area contributed by atoms with Crippen LogP contribution in [0, 0.1) is 6.92 Å². The van der Waals surface area contributed by atoms with E-state index in [2.05, 4.69) is 0 Å². The Bertz CT molecular complexity index is 398. The van der Waals surface area contributed by atoms with Crippen molar-refractivity contribution in [3.8, 4) is 0 Å². The molecule has 0 aliphatic heterocycles. The first-order valence-corrected chi connectivity index (χ1v) is 4.70. The number of ketones is 1. The first-order chi connectivity index (χ1) is 6.70. The van der Waals surface area contributed by atoms with Gasteiger partial charge in [-0.15, -0.1) is 0 Å². The van der Waals surface area contributed by atoms with Crippen molar-refractivity contribution in [2.75, 3.05) is 0 Å². The van der Waals surface area contributed by atoms with Crippen molar-refractivity contribution in [1.29, 1.82) is 0 Å². The van der Waals surface area contributed by atoms with Crippen LogP contribution in [-0.2, 0) is 4.79 Å². The van der Waals surface area contributed by atoms with Crippen molar-refractivity contribution in [1.82, 2.24) is 0 Å². The summed E-state index contributed by atoms with van der Waals surface area (Å²) in [5, 5.41) is 9.65. The summed E-state index contributed by atoms with van der Waals surface area (Å²) in [6.45, 7) is 1.79. The molecule has 3 nitrogen and oxygen atoms in total. The van der Waals surface area contributed by atoms with Crippen LogP contribution in [0.2, 0.25) is 0 Å². The predicted octanol–water partition coefficient (Wildman–Crippen LogP) is 2.61. The molecule has 2 rings (SSSR count). The molecule has 1 aromatic rings. The van der Waals surface area contributed by atoms with E-state index in [1.807, 2.05) is 0 Å². The van der Waals surface area contributed by atoms with E-state index in [0.29, 0.717) is 24.2 Å². The van der Waals surface area contributed by atoms with Crippen molar-refractivity contribution in [3.05, 3.63) is 29.4 Å². The van der Waals surface area contributed by atoms with Gasteiger partial charge in [-0.2, -0.15) is 0 Å². The Balaban J connectivity index is 2.51. The Hall–Kier alpha value is -1.51. The summed E-state index contributed by atoms with van der Waals surface area (Å²) in [4.78, 5) is 11.6. The molecule has 14 heavy (non-hydrogen) atoms. The Labute approximate surface area is 82.0 Å². The Morgan fingerprint density at radius 1 is 1.43 bits per heavy atom. The van der Waals surface area contributed by atoms with Crippen molar-refractivity contribution in [2.45, 2.75) is 26.2 Å². The zero-order valence-electron chi connectivity index (χ0n) is 8.04. The number of aliphatic hydroxyl groups is 1. The zero-order valence-corrected chi connectivity index (χ0v) is 8.04. The highest BCUT2D eigenvalue weighted by molar-refractivity contribution is 6.22. The number of aryl methyl sites for hydroxylation is 1. The van der Waals surface area contributed by atoms with Crippen LogP contribution >= 0.6 is 0 Å². The maximum Gasteiger partial charge on any atom is 0.166 e. The molecule has 1 N–H and O–H groups in total. The number of carbonyl (C=O) groups excluding carboxylic acids is 1. The molecule has 1 aliphatic rings. The second-order valence-electron chi connectivity index (χ2n) is 3.49. The SMILES string of the molecule is Cc1occc1C1=C(O)CCCC1=O. The lowest BCUT2D eigenvalue weighted by molar-refractivity contribution is -0.114. The first-order valence-electron chi connectivity index (χ1n) is 4.70. The summed E-state index contributed by atoms with van der Waals surface area (Å²) in [5.74, 6) is 0.894. The van der Waals surface area contributed by atoms with Crippen LogP contribution in [0.1, 0.15) is 30.6 Å². The number of aliphatic hydroxyl groups excluding tert-OH is 1. The van der Waals surface area contributed by atoms with Crippen LogP contribution in [0.15, 0.2) is 22.5 Å². The lowest BCUT2D eigenvalue weighted by atomic mass is 9.91. The second-order valence-corrected chi connectivity index (χ2v) is 3.49. The molecule has 0 radical (unpaired) electrons. The summed E-state index contributed by atoms with van der Waals surface area (Å²) in [5.41, 5.74) is 1.18. The molecule has 74 valence electrons. The minimum absolute atomic E-state index is 0.0123. The topological polar surface area (TPSA) is 50.4 Å². The molecule has 0 bridgehead atoms. The van der Waals surface area contributed by atoms with Gasteiger partial charge < -0.3 is 9.52 Å². The van der Waals surface area contributed by atoms with Gasteiger partial charge in [-0.25, -0.2) is 0 Å². The molecule has 0 spiro atoms. The average molecular weight is 192 g/mol. The van der Waals surface area contributed by atoms with E-state index < -0.39 is 0 Å². The highest BCUT2D eigenvalue weighted by Crippen LogP contribution is 2.30. The van der Waals surface area contributed by atoms with Gasteiger partial charge in [-0.05, 0) is 19.4 Å². The van der Waals surface area contributed by atoms with E-state index in [1.165, 1.54) is 6.26 Å². The Morgan fingerprint density at radius 3 is 2.79 bits per heavy atom. The fraction of sp³-hybridized carbons (Fsp3) is 0.364. The maximum absolute atomic E-state index is 11.6. The molecule has 3 heteroatoms. The second kappa shape index (κ2) is 3.33. The molecule has 0 atom stereocenters. The van der Waals surface area contributed by atoms with E-state index >= 15 is 0 Å². The molecule has 0 saturated heterocycles. The van der Waals surface area contributed by atoms with Crippen molar-refractivity contribution >= 4 is 11.4 Å². The standard InChI is InChI=1S/C11H12O3/c1-7-8(5-6-14-7)11-9(12)3-2-4-10(11)13/h5-6,12H,2-4H2,1H3. The monoisotopic (exact) mass is 192 g/mol. The Kier molecular flexibility index (Phi) is 2.15. The third-order valence-corrected chi connectivity index (χ3v) is 2.51. The minimum Gasteiger partial charge on any atom is -0.512 e. The summed E-state index contributed by atoms with van der Waals surface area (Å²) in [6.07, 6.45) is 3.38. The van der Waals surface area contributed by atoms with Crippen molar-refractivity contribution in [2.24, 2.45) is 0 Å². The average Bonchev–Trinajstić information content (AvgIpc) is 2.52. The molecule has 0 aromatic carbocycles. The van der Waals surface area contributed by atoms with E-state index in [-0.39, 0.29) is 11.5 Å². The fourth-order valence-electron chi connectivity index (χ4n) is 1.78. The molecule has 0 amide bonds. The molecular weight excluding hydrogens is 180 g/mol. The largest absolute Gasteiger partial charge is 0.512 e. The van der Waals surface area contributed by atoms with Crippen molar-refractivity contribution < 1.29 is 14.3 Å². The van der Waals surface area contributed by atoms with Crippen LogP contribution in [0.5, 0.6) is 0 Å². The van der Waals surface area contributed by atoms with Gasteiger partial charge in [0, 0.05) is 18.4 Å². The van der Waals surface area contributed by atoms with Gasteiger partial charge >= 0.3 is 0 Å². The molecule has 0 saturated carbocycles. The van der Waals surface area contributed by atoms with Crippen LogP contribution < -0.4 is 0 Å². The third-order valence-electron chi connectivity index (χ3n) is 2.51. The van der Waals surface area contributed by atoms with E-state index in [4.69, 9.17) is 4.42 Å². The van der Waals surface area contributed by atoms with Crippen LogP contribution in [0.3, 0.4) is 0 Å². The molecular formula is C11H12O3. The molecule has 0 unspecified atom stereocenters. The summed E-state index contributed by atoms with van der Waals surface area (Å²) in [7, 11) is 0. The number of furan rings is 1. The third kappa shape index (κ3) is 1.35. The highest BCUT2D eigenvalue weighted by Gasteiger charge is 2.23. The van der Waals surface area contributed by atoms with Crippen molar-refractivity contribution in [3.63, 3.8) is 0 Å². The van der Waals surface area contributed by atoms with Gasteiger partial charge in [-0.3, -0.25) is 4.79 Å². The molecule has 0 fully saturated rings. The molecule has 1 aliphatic carbocycles. The van der Waals surface area contributed by atoms with Crippen LogP contribution in [0.4, 0.5) is 0 Å². The van der Waals surface area contributed by atoms with Gasteiger partial charge in [0.25, 0.3) is 0 Å². The Morgan fingerprint density at radius 2 is 2.21 bits per heavy atom. The van der Waals surface area contributed by atoms with Gasteiger partial charge in [0.15, 0.2) is 5.78 Å². The van der Waals surface area contributed by atoms with Gasteiger partial charge in [0.1, 0.15) is 11.5 Å². The van der Waals surface area contributed by atoms with Gasteiger partial charge in [0.2, 0.25) is 0 Å². The zero-order chi connectivity index (χ0) is 10.1. The van der Waals surface area contributed by atoms with Gasteiger partial charge in [-0.1, -0.05) is 0 Å². The predicted molar refractivity (Wildman–Crippen MR) is 51.9 cm³/mol. The number of hydrogen-bond acceptors (Lipinski definition) is 3. The molecule has 1 aromatic heterocycles. The number of Topliss-reactive ketones (excluding diaryl/α,β-unsaturated/α-hetero) is 1. The van der Waals surface area contributed by atoms with Crippen LogP contribution in [-0.4, -0.2) is 10.9 Å². The van der Waals surface area contributed by atoms with E-state index in [0.717, 1.165) is 12.0 Å². The number of rotatable bonds is 1. The smallest absolute Gasteiger partial charge is 0.166 e. The lowest BCUT2D eigenvalue weighted by Gasteiger charge is -2.14. The highest BCUT2D eigenvalue weighted by atomic mass is 16.3. The fourth-order valence-corrected chi connectivity index (χ4v) is 1.78. The van der Waals surface area contributed by atoms with Crippen LogP contribution in [0.25, 0.3) is 5.57 Å². The first kappa shape index (κ1) is 9.06. The summed E-state index contributed by atoms with van der Waals surface area (Å²) in [6, 6.07) is 1.73. The number of hydrogen-bond donors (Lipinski definition) is 1. The summed E-state index contributed by atoms with van der Waals surface area (Å²) >= 11 is 0. The summed E-state index contributed by atoms with van der Waals surface area (Å²) < 4.78 is 5.12. The molecule has 1 heterocycles.